The Morgan fingerprint density at radius 3 is 2.40 bits per heavy atom. The van der Waals surface area contributed by atoms with Crippen molar-refractivity contribution in [1.82, 2.24) is 4.90 Å². The molecule has 13 unspecified atom stereocenters. The lowest BCUT2D eigenvalue weighted by Crippen LogP contribution is -2.63. The molecule has 9 nitrogen and oxygen atoms in total. The Bertz CT molecular complexity index is 1340. The first kappa shape index (κ1) is 35.9. The zero-order valence-electron chi connectivity index (χ0n) is 29.7. The number of ether oxygens (including phenoxy) is 2. The van der Waals surface area contributed by atoms with Gasteiger partial charge >= 0.3 is 11.9 Å². The van der Waals surface area contributed by atoms with Gasteiger partial charge in [0.25, 0.3) is 0 Å². The van der Waals surface area contributed by atoms with Gasteiger partial charge in [-0.15, -0.1) is 11.8 Å². The molecule has 6 rings (SSSR count). The van der Waals surface area contributed by atoms with Crippen molar-refractivity contribution in [2.45, 2.75) is 129 Å². The second-order valence-corrected chi connectivity index (χ2v) is 18.3. The van der Waals surface area contributed by atoms with Gasteiger partial charge in [0.2, 0.25) is 5.91 Å². The van der Waals surface area contributed by atoms with Crippen LogP contribution >= 0.6 is 11.8 Å². The predicted octanol–water partition coefficient (Wildman–Crippen LogP) is 5.87. The molecule has 1 aliphatic heterocycles. The molecule has 10 heteroatoms. The number of hydrogen-bond donors (Lipinski definition) is 2. The molecule has 1 heterocycles. The van der Waals surface area contributed by atoms with E-state index in [2.05, 4.69) is 27.7 Å². The van der Waals surface area contributed by atoms with Gasteiger partial charge in [0.1, 0.15) is 5.44 Å². The van der Waals surface area contributed by atoms with Crippen LogP contribution < -0.4 is 0 Å². The number of carbonyl (C=O) groups is 4. The second-order valence-electron chi connectivity index (χ2n) is 17.0. The normalized spacial score (nSPS) is 45.4. The van der Waals surface area contributed by atoms with Crippen molar-refractivity contribution >= 4 is 35.4 Å². The number of allylic oxidation sites excluding steroid dienone is 2. The lowest BCUT2D eigenvalue weighted by atomic mass is 9.38. The number of aliphatic hydroxyl groups excluding tert-OH is 1. The van der Waals surface area contributed by atoms with Crippen molar-refractivity contribution in [2.75, 3.05) is 19.4 Å². The summed E-state index contributed by atoms with van der Waals surface area (Å²) in [7, 11) is 1.32. The van der Waals surface area contributed by atoms with E-state index in [9.17, 15) is 29.4 Å². The van der Waals surface area contributed by atoms with Crippen molar-refractivity contribution < 1.29 is 38.9 Å². The molecule has 0 aromatic rings. The van der Waals surface area contributed by atoms with E-state index in [0.717, 1.165) is 51.4 Å². The van der Waals surface area contributed by atoms with Gasteiger partial charge in [0, 0.05) is 44.0 Å². The summed E-state index contributed by atoms with van der Waals surface area (Å²) >= 11 is 1.53. The van der Waals surface area contributed by atoms with Gasteiger partial charge in [-0.25, -0.2) is 4.79 Å². The van der Waals surface area contributed by atoms with Gasteiger partial charge in [-0.05, 0) is 104 Å². The summed E-state index contributed by atoms with van der Waals surface area (Å²) < 4.78 is 10.8. The quantitative estimate of drug-likeness (QED) is 0.316. The highest BCUT2D eigenvalue weighted by atomic mass is 32.2. The third-order valence-electron chi connectivity index (χ3n) is 14.5. The van der Waals surface area contributed by atoms with Crippen LogP contribution in [0.4, 0.5) is 0 Å². The van der Waals surface area contributed by atoms with Gasteiger partial charge in [-0.3, -0.25) is 14.4 Å². The Balaban J connectivity index is 1.17. The molecular weight excluding hydrogens is 630 g/mol. The Hall–Kier alpha value is -1.91. The number of ketones is 1. The molecule has 5 aliphatic carbocycles. The molecular formula is C38H57NO8S. The molecule has 48 heavy (non-hydrogen) atoms. The van der Waals surface area contributed by atoms with E-state index in [4.69, 9.17) is 9.47 Å². The van der Waals surface area contributed by atoms with Crippen LogP contribution in [0, 0.1) is 51.8 Å². The van der Waals surface area contributed by atoms with Crippen LogP contribution in [0.3, 0.4) is 0 Å². The molecule has 0 radical (unpaired) electrons. The van der Waals surface area contributed by atoms with Crippen LogP contribution in [-0.2, 0) is 28.7 Å². The summed E-state index contributed by atoms with van der Waals surface area (Å²) in [5.41, 5.74) is 0.692. The van der Waals surface area contributed by atoms with Crippen LogP contribution in [0.15, 0.2) is 11.6 Å². The molecule has 4 saturated carbocycles. The number of rotatable bonds is 7. The summed E-state index contributed by atoms with van der Waals surface area (Å²) in [5, 5.41) is 20.2. The minimum atomic E-state index is -0.774. The number of carbonyl (C=O) groups excluding carboxylic acids is 3. The molecule has 2 N–H and O–H groups in total. The molecule has 1 amide bonds. The van der Waals surface area contributed by atoms with Gasteiger partial charge in [-0.2, -0.15) is 0 Å². The molecule has 0 bridgehead atoms. The summed E-state index contributed by atoms with van der Waals surface area (Å²) in [6.45, 7) is 11.5. The number of hydrogen-bond acceptors (Lipinski definition) is 8. The van der Waals surface area contributed by atoms with Gasteiger partial charge in [-0.1, -0.05) is 33.3 Å². The fourth-order valence-corrected chi connectivity index (χ4v) is 13.3. The lowest BCUT2D eigenvalue weighted by molar-refractivity contribution is -0.168. The third-order valence-corrected chi connectivity index (χ3v) is 15.6. The largest absolute Gasteiger partial charge is 0.481 e. The molecule has 268 valence electrons. The number of fused-ring (bicyclic) bond motifs is 7. The highest BCUT2D eigenvalue weighted by Gasteiger charge is 2.65. The lowest BCUT2D eigenvalue weighted by Gasteiger charge is -2.66. The first-order chi connectivity index (χ1) is 22.6. The Kier molecular flexibility index (Phi) is 9.97. The number of nitrogens with zero attached hydrogens (tertiary/aromatic N) is 1. The number of carboxylic acid groups (broad SMARTS) is 1. The highest BCUT2D eigenvalue weighted by molar-refractivity contribution is 7.99. The van der Waals surface area contributed by atoms with E-state index >= 15 is 0 Å². The molecule has 6 aliphatic rings. The number of aliphatic carboxylic acids is 1. The fourth-order valence-electron chi connectivity index (χ4n) is 12.1. The molecule has 5 fully saturated rings. The maximum atomic E-state index is 14.5. The van der Waals surface area contributed by atoms with Gasteiger partial charge in [0.15, 0.2) is 11.9 Å². The average Bonchev–Trinajstić information content (AvgIpc) is 3.02. The van der Waals surface area contributed by atoms with Gasteiger partial charge in [0.05, 0.1) is 19.1 Å². The first-order valence-corrected chi connectivity index (χ1v) is 19.5. The fraction of sp³-hybridized carbons (Fsp3) is 0.842. The van der Waals surface area contributed by atoms with E-state index < -0.39 is 24.1 Å². The first-order valence-electron chi connectivity index (χ1n) is 18.4. The molecule has 0 aromatic carbocycles. The van der Waals surface area contributed by atoms with Crippen molar-refractivity contribution in [3.8, 4) is 0 Å². The standard InChI is InChI=1S/C38H57NO8S/c1-21-26-9-13-38(5)27-8-12-36(3)11-7-23(34(43)44)17-28(36)25(27)20-30(42)33(38)37(26,4)14-10-29(21)39(22(2)40)15-16-48-32-19-24(41)18-31(47-32)35(45)46-6/h20-21,23-24,26-29,31-33,41H,7-19H2,1-6H3,(H,43,44). The number of carboxylic acids is 1. The summed E-state index contributed by atoms with van der Waals surface area (Å²) in [4.78, 5) is 53.7. The summed E-state index contributed by atoms with van der Waals surface area (Å²) in [6.07, 6.45) is 9.49. The zero-order chi connectivity index (χ0) is 34.8. The Morgan fingerprint density at radius 1 is 1.00 bits per heavy atom. The molecule has 0 aromatic heterocycles. The Morgan fingerprint density at radius 2 is 1.71 bits per heavy atom. The topological polar surface area (TPSA) is 130 Å². The van der Waals surface area contributed by atoms with Crippen molar-refractivity contribution in [2.24, 2.45) is 51.8 Å². The van der Waals surface area contributed by atoms with Crippen LogP contribution in [0.1, 0.15) is 105 Å². The van der Waals surface area contributed by atoms with E-state index in [-0.39, 0.29) is 69.5 Å². The minimum absolute atomic E-state index is 0.0486. The van der Waals surface area contributed by atoms with Crippen molar-refractivity contribution in [1.29, 1.82) is 0 Å². The van der Waals surface area contributed by atoms with E-state index in [0.29, 0.717) is 37.0 Å². The number of esters is 1. The number of thioether (sulfide) groups is 1. The zero-order valence-corrected chi connectivity index (χ0v) is 30.6. The van der Waals surface area contributed by atoms with Crippen LogP contribution in [0.25, 0.3) is 0 Å². The highest BCUT2D eigenvalue weighted by Crippen LogP contribution is 2.69. The average molecular weight is 688 g/mol. The number of amides is 1. The second kappa shape index (κ2) is 13.3. The van der Waals surface area contributed by atoms with E-state index in [1.165, 1.54) is 24.4 Å². The van der Waals surface area contributed by atoms with Crippen LogP contribution in [-0.4, -0.2) is 81.8 Å². The molecule has 1 saturated heterocycles. The maximum Gasteiger partial charge on any atom is 0.335 e. The summed E-state index contributed by atoms with van der Waals surface area (Å²) in [6, 6.07) is 0.0848. The van der Waals surface area contributed by atoms with Crippen LogP contribution in [0.2, 0.25) is 0 Å². The van der Waals surface area contributed by atoms with Crippen molar-refractivity contribution in [3.05, 3.63) is 11.6 Å². The number of aliphatic hydroxyl groups is 1. The monoisotopic (exact) mass is 687 g/mol. The molecule has 0 spiro atoms. The van der Waals surface area contributed by atoms with Gasteiger partial charge < -0.3 is 24.6 Å². The maximum absolute atomic E-state index is 14.5. The Labute approximate surface area is 290 Å². The van der Waals surface area contributed by atoms with Crippen LogP contribution in [0.5, 0.6) is 0 Å². The SMILES string of the molecule is COC(=O)C1CC(O)CC(SCCN(C(C)=O)C2CCC3(C)C(CCC4(C)C5CCC6(C)CCC(C(=O)O)CC6C5=CC(=O)C43)C2C)O1. The number of methoxy groups -OCH3 is 1. The van der Waals surface area contributed by atoms with E-state index in [1.54, 1.807) is 6.92 Å². The predicted molar refractivity (Wildman–Crippen MR) is 183 cm³/mol. The minimum Gasteiger partial charge on any atom is -0.481 e. The smallest absolute Gasteiger partial charge is 0.335 e. The summed E-state index contributed by atoms with van der Waals surface area (Å²) in [5.74, 6) is 0.418. The van der Waals surface area contributed by atoms with E-state index in [1.807, 2.05) is 11.0 Å². The van der Waals surface area contributed by atoms with Crippen molar-refractivity contribution in [3.63, 3.8) is 0 Å². The third kappa shape index (κ3) is 6.07. The molecule has 13 atom stereocenters.